The molecule has 0 unspecified atom stereocenters. The van der Waals surface area contributed by atoms with E-state index in [9.17, 15) is 4.79 Å². The van der Waals surface area contributed by atoms with Gasteiger partial charge in [0.1, 0.15) is 5.75 Å². The second kappa shape index (κ2) is 8.71. The number of carbonyl (C=O) groups is 1. The number of benzene rings is 2. The Kier molecular flexibility index (Phi) is 6.11. The molecule has 28 heavy (non-hydrogen) atoms. The highest BCUT2D eigenvalue weighted by Crippen LogP contribution is 2.25. The van der Waals surface area contributed by atoms with E-state index in [1.807, 2.05) is 24.3 Å². The topological polar surface area (TPSA) is 68.5 Å². The Morgan fingerprint density at radius 1 is 1.32 bits per heavy atom. The summed E-state index contributed by atoms with van der Waals surface area (Å²) >= 11 is 6.17. The van der Waals surface area contributed by atoms with Crippen molar-refractivity contribution in [3.8, 4) is 17.1 Å². The molecule has 1 heterocycles. The van der Waals surface area contributed by atoms with Crippen LogP contribution in [0.25, 0.3) is 11.4 Å². The minimum atomic E-state index is -0.162. The maximum atomic E-state index is 12.8. The monoisotopic (exact) mass is 397 g/mol. The molecular weight excluding hydrogens is 378 g/mol. The van der Waals surface area contributed by atoms with Crippen molar-refractivity contribution in [2.24, 2.45) is 0 Å². The summed E-state index contributed by atoms with van der Waals surface area (Å²) in [5.41, 5.74) is 2.12. The zero-order valence-corrected chi connectivity index (χ0v) is 16.4. The Labute approximate surface area is 168 Å². The van der Waals surface area contributed by atoms with E-state index < -0.39 is 0 Å². The molecule has 0 radical (unpaired) electrons. The van der Waals surface area contributed by atoms with Gasteiger partial charge in [0.15, 0.2) is 0 Å². The van der Waals surface area contributed by atoms with Gasteiger partial charge >= 0.3 is 0 Å². The number of hydrogen-bond acceptors (Lipinski definition) is 5. The van der Waals surface area contributed by atoms with Gasteiger partial charge in [0.25, 0.3) is 5.91 Å². The average Bonchev–Trinajstić information content (AvgIpc) is 3.16. The van der Waals surface area contributed by atoms with Crippen molar-refractivity contribution >= 4 is 17.5 Å². The van der Waals surface area contributed by atoms with Crippen molar-refractivity contribution in [3.05, 3.63) is 77.2 Å². The van der Waals surface area contributed by atoms with Crippen molar-refractivity contribution in [1.82, 2.24) is 15.0 Å². The first-order valence-electron chi connectivity index (χ1n) is 8.64. The van der Waals surface area contributed by atoms with E-state index in [2.05, 4.69) is 16.7 Å². The first-order chi connectivity index (χ1) is 13.5. The normalized spacial score (nSPS) is 10.5. The van der Waals surface area contributed by atoms with E-state index in [4.69, 9.17) is 20.9 Å². The number of rotatable bonds is 7. The van der Waals surface area contributed by atoms with Crippen LogP contribution >= 0.6 is 11.6 Å². The minimum absolute atomic E-state index is 0.162. The van der Waals surface area contributed by atoms with Gasteiger partial charge in [0, 0.05) is 18.2 Å². The van der Waals surface area contributed by atoms with E-state index in [1.54, 1.807) is 38.4 Å². The standard InChI is InChI=1S/C21H20ClN3O3/c1-4-7-14-12-15(10-11-18(14)27-3)21(26)25(2)13-19-23-20(24-28-19)16-8-5-6-9-17(16)22/h4-6,8-12H,1,7,13H2,2-3H3. The zero-order chi connectivity index (χ0) is 20.1. The van der Waals surface area contributed by atoms with E-state index in [0.717, 1.165) is 11.3 Å². The lowest BCUT2D eigenvalue weighted by atomic mass is 10.1. The highest BCUT2D eigenvalue weighted by atomic mass is 35.5. The Hall–Kier alpha value is -3.12. The molecule has 0 saturated heterocycles. The summed E-state index contributed by atoms with van der Waals surface area (Å²) in [6, 6.07) is 12.6. The highest BCUT2D eigenvalue weighted by Gasteiger charge is 2.18. The molecule has 0 saturated carbocycles. The molecule has 144 valence electrons. The number of methoxy groups -OCH3 is 1. The van der Waals surface area contributed by atoms with Gasteiger partial charge in [0.05, 0.1) is 18.7 Å². The summed E-state index contributed by atoms with van der Waals surface area (Å²) in [5, 5.41) is 4.49. The van der Waals surface area contributed by atoms with Gasteiger partial charge in [-0.05, 0) is 42.3 Å². The third-order valence-electron chi connectivity index (χ3n) is 4.19. The molecule has 0 atom stereocenters. The number of allylic oxidation sites excluding steroid dienone is 1. The van der Waals surface area contributed by atoms with E-state index in [1.165, 1.54) is 4.90 Å². The van der Waals surface area contributed by atoms with Crippen LogP contribution in [0.15, 0.2) is 59.6 Å². The van der Waals surface area contributed by atoms with E-state index >= 15 is 0 Å². The van der Waals surface area contributed by atoms with E-state index in [-0.39, 0.29) is 12.5 Å². The Morgan fingerprint density at radius 2 is 2.11 bits per heavy atom. The third-order valence-corrected chi connectivity index (χ3v) is 4.52. The van der Waals surface area contributed by atoms with Crippen LogP contribution in [0.3, 0.4) is 0 Å². The predicted octanol–water partition coefficient (Wildman–Crippen LogP) is 4.40. The molecule has 3 aromatic rings. The van der Waals surface area contributed by atoms with Gasteiger partial charge < -0.3 is 14.2 Å². The summed E-state index contributed by atoms with van der Waals surface area (Å²) in [6.07, 6.45) is 2.38. The summed E-state index contributed by atoms with van der Waals surface area (Å²) in [5.74, 6) is 1.27. The summed E-state index contributed by atoms with van der Waals surface area (Å²) in [6.45, 7) is 3.92. The molecule has 0 spiro atoms. The lowest BCUT2D eigenvalue weighted by Crippen LogP contribution is -2.26. The van der Waals surface area contributed by atoms with Crippen LogP contribution in [-0.2, 0) is 13.0 Å². The first-order valence-corrected chi connectivity index (χ1v) is 9.02. The summed E-state index contributed by atoms with van der Waals surface area (Å²) in [7, 11) is 3.28. The fourth-order valence-corrected chi connectivity index (χ4v) is 3.01. The predicted molar refractivity (Wildman–Crippen MR) is 107 cm³/mol. The van der Waals surface area contributed by atoms with Gasteiger partial charge in [0.2, 0.25) is 11.7 Å². The SMILES string of the molecule is C=CCc1cc(C(=O)N(C)Cc2nc(-c3ccccc3Cl)no2)ccc1OC. The molecule has 1 amide bonds. The molecule has 0 bridgehead atoms. The first kappa shape index (κ1) is 19.6. The zero-order valence-electron chi connectivity index (χ0n) is 15.7. The van der Waals surface area contributed by atoms with Crippen LogP contribution in [0.2, 0.25) is 5.02 Å². The van der Waals surface area contributed by atoms with Gasteiger partial charge in [-0.1, -0.05) is 35.0 Å². The second-order valence-electron chi connectivity index (χ2n) is 6.17. The van der Waals surface area contributed by atoms with Gasteiger partial charge in [-0.25, -0.2) is 0 Å². The lowest BCUT2D eigenvalue weighted by Gasteiger charge is -2.16. The molecular formula is C21H20ClN3O3. The Bertz CT molecular complexity index is 1000. The molecule has 0 N–H and O–H groups in total. The fourth-order valence-electron chi connectivity index (χ4n) is 2.79. The molecule has 0 aliphatic rings. The maximum Gasteiger partial charge on any atom is 0.254 e. The van der Waals surface area contributed by atoms with Gasteiger partial charge in [-0.15, -0.1) is 6.58 Å². The number of hydrogen-bond donors (Lipinski definition) is 0. The molecule has 0 fully saturated rings. The molecule has 6 nitrogen and oxygen atoms in total. The molecule has 3 rings (SSSR count). The molecule has 2 aromatic carbocycles. The Balaban J connectivity index is 1.75. The number of amides is 1. The molecule has 7 heteroatoms. The quantitative estimate of drug-likeness (QED) is 0.553. The molecule has 0 aliphatic carbocycles. The number of carbonyl (C=O) groups excluding carboxylic acids is 1. The van der Waals surface area contributed by atoms with Gasteiger partial charge in [-0.2, -0.15) is 4.98 Å². The average molecular weight is 398 g/mol. The van der Waals surface area contributed by atoms with Crippen LogP contribution in [-0.4, -0.2) is 35.1 Å². The van der Waals surface area contributed by atoms with Gasteiger partial charge in [-0.3, -0.25) is 4.79 Å². The fraction of sp³-hybridized carbons (Fsp3) is 0.190. The van der Waals surface area contributed by atoms with Crippen molar-refractivity contribution < 1.29 is 14.1 Å². The second-order valence-corrected chi connectivity index (χ2v) is 6.58. The maximum absolute atomic E-state index is 12.8. The third kappa shape index (κ3) is 4.23. The van der Waals surface area contributed by atoms with Crippen LogP contribution in [0.5, 0.6) is 5.75 Å². The van der Waals surface area contributed by atoms with Crippen molar-refractivity contribution in [1.29, 1.82) is 0 Å². The largest absolute Gasteiger partial charge is 0.496 e. The number of halogens is 1. The highest BCUT2D eigenvalue weighted by molar-refractivity contribution is 6.33. The smallest absolute Gasteiger partial charge is 0.254 e. The number of ether oxygens (including phenoxy) is 1. The summed E-state index contributed by atoms with van der Waals surface area (Å²) < 4.78 is 10.6. The Morgan fingerprint density at radius 3 is 2.82 bits per heavy atom. The van der Waals surface area contributed by atoms with Crippen molar-refractivity contribution in [2.75, 3.05) is 14.2 Å². The van der Waals surface area contributed by atoms with E-state index in [0.29, 0.717) is 34.3 Å². The van der Waals surface area contributed by atoms with Crippen molar-refractivity contribution in [2.45, 2.75) is 13.0 Å². The minimum Gasteiger partial charge on any atom is -0.496 e. The number of nitrogens with zero attached hydrogens (tertiary/aromatic N) is 3. The van der Waals surface area contributed by atoms with Crippen LogP contribution in [0.4, 0.5) is 0 Å². The number of aromatic nitrogens is 2. The van der Waals surface area contributed by atoms with Crippen LogP contribution < -0.4 is 4.74 Å². The summed E-state index contributed by atoms with van der Waals surface area (Å²) in [4.78, 5) is 18.6. The van der Waals surface area contributed by atoms with Crippen molar-refractivity contribution in [3.63, 3.8) is 0 Å². The van der Waals surface area contributed by atoms with Crippen LogP contribution in [0, 0.1) is 0 Å². The molecule has 1 aromatic heterocycles. The molecule has 0 aliphatic heterocycles. The lowest BCUT2D eigenvalue weighted by molar-refractivity contribution is 0.0769. The van der Waals surface area contributed by atoms with Crippen LogP contribution in [0.1, 0.15) is 21.8 Å².